The minimum absolute atomic E-state index is 1.02. The first kappa shape index (κ1) is 12.5. The highest BCUT2D eigenvalue weighted by Crippen LogP contribution is 2.18. The molecule has 0 aromatic heterocycles. The lowest BCUT2D eigenvalue weighted by Crippen LogP contribution is -1.85. The summed E-state index contributed by atoms with van der Waals surface area (Å²) in [6.07, 6.45) is 6.73. The average molecular weight is 220 g/mol. The predicted octanol–water partition coefficient (Wildman–Crippen LogP) is 4.11. The first-order valence-electron chi connectivity index (χ1n) is 4.22. The van der Waals surface area contributed by atoms with Crippen molar-refractivity contribution in [3.8, 4) is 0 Å². The van der Waals surface area contributed by atoms with E-state index in [4.69, 9.17) is 12.2 Å². The van der Waals surface area contributed by atoms with Gasteiger partial charge in [0.15, 0.2) is 0 Å². The fourth-order valence-corrected chi connectivity index (χ4v) is 2.82. The van der Waals surface area contributed by atoms with Gasteiger partial charge in [-0.1, -0.05) is 37.7 Å². The molecule has 70 valence electrons. The van der Waals surface area contributed by atoms with Crippen LogP contribution in [0, 0.1) is 0 Å². The summed E-state index contributed by atoms with van der Waals surface area (Å²) in [6.45, 7) is 4.24. The van der Waals surface area contributed by atoms with Gasteiger partial charge < -0.3 is 0 Å². The number of hydrogen-bond acceptors (Lipinski definition) is 3. The van der Waals surface area contributed by atoms with Crippen LogP contribution < -0.4 is 0 Å². The molecule has 12 heavy (non-hydrogen) atoms. The Kier molecular flexibility index (Phi) is 10.0. The van der Waals surface area contributed by atoms with E-state index in [0.29, 0.717) is 0 Å². The van der Waals surface area contributed by atoms with E-state index >= 15 is 0 Å². The first-order valence-corrected chi connectivity index (χ1v) is 6.60. The lowest BCUT2D eigenvalue weighted by molar-refractivity contribution is 0.898. The van der Waals surface area contributed by atoms with Gasteiger partial charge in [-0.25, -0.2) is 0 Å². The molecule has 0 aliphatic rings. The largest absolute Gasteiger partial charge is 0.108 e. The Hall–Kier alpha value is 0.530. The number of thiocarbonyl (C=S) groups is 1. The maximum atomic E-state index is 5.17. The molecule has 0 spiro atoms. The van der Waals surface area contributed by atoms with E-state index in [1.54, 1.807) is 11.8 Å². The van der Waals surface area contributed by atoms with Gasteiger partial charge in [-0.3, -0.25) is 0 Å². The highest BCUT2D eigenvalue weighted by molar-refractivity contribution is 8.47. The van der Waals surface area contributed by atoms with E-state index in [2.05, 4.69) is 19.1 Å². The molecule has 0 aliphatic carbocycles. The van der Waals surface area contributed by atoms with Gasteiger partial charge in [0.1, 0.15) is 3.53 Å². The standard InChI is InChI=1S/C9H16S3/c1-3-5-7-11-9(10)12-8-6-4-2/h3,5H,4,6-8H2,1-2H3. The molecular weight excluding hydrogens is 204 g/mol. The molecule has 0 rings (SSSR count). The molecule has 0 saturated carbocycles. The van der Waals surface area contributed by atoms with Gasteiger partial charge in [-0.2, -0.15) is 0 Å². The molecule has 0 heterocycles. The Labute approximate surface area is 89.6 Å². The molecule has 0 bridgehead atoms. The summed E-state index contributed by atoms with van der Waals surface area (Å²) in [5, 5.41) is 0. The Bertz CT molecular complexity index is 141. The zero-order valence-electron chi connectivity index (χ0n) is 7.71. The Morgan fingerprint density at radius 1 is 1.42 bits per heavy atom. The molecule has 0 amide bonds. The van der Waals surface area contributed by atoms with Crippen LogP contribution in [-0.4, -0.2) is 15.0 Å². The fourth-order valence-electron chi connectivity index (χ4n) is 0.554. The number of rotatable bonds is 5. The summed E-state index contributed by atoms with van der Waals surface area (Å²) >= 11 is 8.74. The minimum atomic E-state index is 1.02. The summed E-state index contributed by atoms with van der Waals surface area (Å²) < 4.78 is 1.08. The van der Waals surface area contributed by atoms with Crippen molar-refractivity contribution in [3.63, 3.8) is 0 Å². The van der Waals surface area contributed by atoms with Crippen molar-refractivity contribution in [2.24, 2.45) is 0 Å². The van der Waals surface area contributed by atoms with E-state index in [9.17, 15) is 0 Å². The third-order valence-corrected chi connectivity index (χ3v) is 3.99. The number of unbranched alkanes of at least 4 members (excludes halogenated alkanes) is 1. The molecule has 0 N–H and O–H groups in total. The second-order valence-electron chi connectivity index (χ2n) is 2.33. The van der Waals surface area contributed by atoms with Crippen LogP contribution in [0.4, 0.5) is 0 Å². The summed E-state index contributed by atoms with van der Waals surface area (Å²) in [5.41, 5.74) is 0. The van der Waals surface area contributed by atoms with Crippen molar-refractivity contribution in [1.82, 2.24) is 0 Å². The Morgan fingerprint density at radius 2 is 2.17 bits per heavy atom. The summed E-state index contributed by atoms with van der Waals surface area (Å²) in [4.78, 5) is 0. The lowest BCUT2D eigenvalue weighted by Gasteiger charge is -1.99. The predicted molar refractivity (Wildman–Crippen MR) is 67.2 cm³/mol. The smallest absolute Gasteiger partial charge is 0.104 e. The molecule has 3 heteroatoms. The quantitative estimate of drug-likeness (QED) is 0.389. The third-order valence-electron chi connectivity index (χ3n) is 1.25. The van der Waals surface area contributed by atoms with E-state index in [1.807, 2.05) is 18.7 Å². The van der Waals surface area contributed by atoms with Gasteiger partial charge in [0, 0.05) is 5.75 Å². The normalized spacial score (nSPS) is 10.8. The van der Waals surface area contributed by atoms with E-state index in [1.165, 1.54) is 18.6 Å². The van der Waals surface area contributed by atoms with E-state index < -0.39 is 0 Å². The van der Waals surface area contributed by atoms with Crippen LogP contribution in [0.5, 0.6) is 0 Å². The van der Waals surface area contributed by atoms with Crippen molar-refractivity contribution in [2.45, 2.75) is 26.7 Å². The summed E-state index contributed by atoms with van der Waals surface area (Å²) in [5.74, 6) is 2.20. The first-order chi connectivity index (χ1) is 5.81. The highest BCUT2D eigenvalue weighted by Gasteiger charge is 1.95. The molecule has 0 nitrogen and oxygen atoms in total. The van der Waals surface area contributed by atoms with Crippen LogP contribution in [0.25, 0.3) is 0 Å². The zero-order valence-corrected chi connectivity index (χ0v) is 10.2. The Morgan fingerprint density at radius 3 is 2.75 bits per heavy atom. The number of hydrogen-bond donors (Lipinski definition) is 0. The molecule has 0 aliphatic heterocycles. The average Bonchev–Trinajstić information content (AvgIpc) is 2.06. The Balaban J connectivity index is 3.21. The minimum Gasteiger partial charge on any atom is -0.108 e. The summed E-state index contributed by atoms with van der Waals surface area (Å²) in [7, 11) is 0. The number of allylic oxidation sites excluding steroid dienone is 1. The van der Waals surface area contributed by atoms with E-state index in [-0.39, 0.29) is 0 Å². The molecule has 0 fully saturated rings. The molecule has 0 atom stereocenters. The van der Waals surface area contributed by atoms with Crippen molar-refractivity contribution in [3.05, 3.63) is 12.2 Å². The highest BCUT2D eigenvalue weighted by atomic mass is 32.2. The van der Waals surface area contributed by atoms with Crippen LogP contribution in [0.15, 0.2) is 12.2 Å². The molecular formula is C9H16S3. The van der Waals surface area contributed by atoms with Gasteiger partial charge >= 0.3 is 0 Å². The maximum Gasteiger partial charge on any atom is 0.104 e. The monoisotopic (exact) mass is 220 g/mol. The molecule has 0 unspecified atom stereocenters. The molecule has 0 aromatic carbocycles. The molecule has 0 saturated heterocycles. The van der Waals surface area contributed by atoms with Crippen molar-refractivity contribution >= 4 is 39.3 Å². The van der Waals surface area contributed by atoms with Gasteiger partial charge in [0.05, 0.1) is 0 Å². The van der Waals surface area contributed by atoms with Crippen LogP contribution in [0.2, 0.25) is 0 Å². The van der Waals surface area contributed by atoms with Crippen molar-refractivity contribution in [1.29, 1.82) is 0 Å². The zero-order chi connectivity index (χ0) is 9.23. The van der Waals surface area contributed by atoms with Gasteiger partial charge in [0.2, 0.25) is 0 Å². The van der Waals surface area contributed by atoms with Crippen LogP contribution in [0.1, 0.15) is 26.7 Å². The van der Waals surface area contributed by atoms with Crippen LogP contribution in [0.3, 0.4) is 0 Å². The number of thioether (sulfide) groups is 2. The van der Waals surface area contributed by atoms with Gasteiger partial charge in [-0.05, 0) is 19.1 Å². The second-order valence-corrected chi connectivity index (χ2v) is 5.65. The topological polar surface area (TPSA) is 0 Å². The van der Waals surface area contributed by atoms with Crippen molar-refractivity contribution in [2.75, 3.05) is 11.5 Å². The van der Waals surface area contributed by atoms with Crippen LogP contribution >= 0.6 is 35.7 Å². The maximum absolute atomic E-state index is 5.17. The van der Waals surface area contributed by atoms with Gasteiger partial charge in [-0.15, -0.1) is 23.5 Å². The molecule has 0 aromatic rings. The SMILES string of the molecule is CC=CCSC(=S)SCCCC. The van der Waals surface area contributed by atoms with Crippen molar-refractivity contribution < 1.29 is 0 Å². The lowest BCUT2D eigenvalue weighted by atomic mass is 10.4. The molecule has 0 radical (unpaired) electrons. The third kappa shape index (κ3) is 8.62. The fraction of sp³-hybridized carbons (Fsp3) is 0.667. The summed E-state index contributed by atoms with van der Waals surface area (Å²) in [6, 6.07) is 0. The second kappa shape index (κ2) is 9.62. The van der Waals surface area contributed by atoms with E-state index in [0.717, 1.165) is 9.28 Å². The van der Waals surface area contributed by atoms with Gasteiger partial charge in [0.25, 0.3) is 0 Å². The van der Waals surface area contributed by atoms with Crippen LogP contribution in [-0.2, 0) is 0 Å².